The highest BCUT2D eigenvalue weighted by Crippen LogP contribution is 2.18. The van der Waals surface area contributed by atoms with Crippen molar-refractivity contribution < 1.29 is 13.9 Å². The van der Waals surface area contributed by atoms with Crippen molar-refractivity contribution in [3.8, 4) is 0 Å². The smallest absolute Gasteiger partial charge is 0.277 e. The first-order valence-corrected chi connectivity index (χ1v) is 9.71. The summed E-state index contributed by atoms with van der Waals surface area (Å²) in [6, 6.07) is 5.87. The van der Waals surface area contributed by atoms with Gasteiger partial charge in [-0.05, 0) is 37.1 Å². The summed E-state index contributed by atoms with van der Waals surface area (Å²) < 4.78 is 10.9. The zero-order valence-corrected chi connectivity index (χ0v) is 16.0. The van der Waals surface area contributed by atoms with Gasteiger partial charge in [0, 0.05) is 31.7 Å². The predicted octanol–water partition coefficient (Wildman–Crippen LogP) is 2.29. The average Bonchev–Trinajstić information content (AvgIpc) is 3.10. The molecule has 1 N–H and O–H groups in total. The summed E-state index contributed by atoms with van der Waals surface area (Å²) in [4.78, 5) is 14.4. The van der Waals surface area contributed by atoms with Crippen molar-refractivity contribution in [3.05, 3.63) is 35.2 Å². The lowest BCUT2D eigenvalue weighted by Gasteiger charge is -2.25. The number of ether oxygens (including phenoxy) is 1. The van der Waals surface area contributed by atoms with Gasteiger partial charge in [-0.2, -0.15) is 0 Å². The number of rotatable bonds is 7. The zero-order valence-electron chi connectivity index (χ0n) is 15.2. The maximum atomic E-state index is 12.1. The molecule has 1 aliphatic heterocycles. The minimum atomic E-state index is -0.0914. The van der Waals surface area contributed by atoms with E-state index in [1.54, 1.807) is 0 Å². The number of anilines is 1. The molecule has 1 aromatic carbocycles. The number of carbonyl (C=O) groups is 1. The highest BCUT2D eigenvalue weighted by Gasteiger charge is 2.14. The van der Waals surface area contributed by atoms with Crippen LogP contribution in [-0.2, 0) is 16.0 Å². The lowest BCUT2D eigenvalue weighted by atomic mass is 10.1. The van der Waals surface area contributed by atoms with Gasteiger partial charge in [0.2, 0.25) is 11.8 Å². The number of aryl methyl sites for hydroxylation is 2. The van der Waals surface area contributed by atoms with Crippen LogP contribution in [0.25, 0.3) is 0 Å². The fourth-order valence-corrected chi connectivity index (χ4v) is 3.20. The van der Waals surface area contributed by atoms with E-state index in [2.05, 4.69) is 20.4 Å². The molecule has 1 fully saturated rings. The van der Waals surface area contributed by atoms with Gasteiger partial charge in [-0.15, -0.1) is 10.2 Å². The summed E-state index contributed by atoms with van der Waals surface area (Å²) in [5, 5.41) is 11.4. The second-order valence-electron chi connectivity index (χ2n) is 6.30. The number of hydrogen-bond donors (Lipinski definition) is 1. The van der Waals surface area contributed by atoms with E-state index in [1.165, 1.54) is 17.3 Å². The van der Waals surface area contributed by atoms with E-state index in [0.29, 0.717) is 17.5 Å². The number of hydrogen-bond acceptors (Lipinski definition) is 7. The number of morpholine rings is 1. The molecule has 1 aromatic heterocycles. The fourth-order valence-electron chi connectivity index (χ4n) is 2.62. The summed E-state index contributed by atoms with van der Waals surface area (Å²) in [5.41, 5.74) is 3.15. The van der Waals surface area contributed by atoms with E-state index in [-0.39, 0.29) is 11.7 Å². The Hall–Kier alpha value is -1.90. The van der Waals surface area contributed by atoms with E-state index in [0.717, 1.165) is 44.1 Å². The summed E-state index contributed by atoms with van der Waals surface area (Å²) in [5.74, 6) is 0.748. The minimum absolute atomic E-state index is 0.0914. The number of amides is 1. The number of carbonyl (C=O) groups excluding carboxylic acids is 1. The second kappa shape index (κ2) is 9.16. The van der Waals surface area contributed by atoms with Gasteiger partial charge >= 0.3 is 0 Å². The van der Waals surface area contributed by atoms with Gasteiger partial charge in [-0.25, -0.2) is 0 Å². The molecule has 0 radical (unpaired) electrons. The SMILES string of the molecule is Cc1ccc(NC(=O)CSc2nnc(CCN3CCOCC3)o2)cc1C. The second-order valence-corrected chi connectivity index (χ2v) is 7.23. The summed E-state index contributed by atoms with van der Waals surface area (Å²) in [7, 11) is 0. The average molecular weight is 376 g/mol. The van der Waals surface area contributed by atoms with Gasteiger partial charge in [0.1, 0.15) is 0 Å². The number of thioether (sulfide) groups is 1. The lowest BCUT2D eigenvalue weighted by molar-refractivity contribution is -0.113. The van der Waals surface area contributed by atoms with Crippen molar-refractivity contribution in [3.63, 3.8) is 0 Å². The van der Waals surface area contributed by atoms with Gasteiger partial charge in [-0.3, -0.25) is 9.69 Å². The van der Waals surface area contributed by atoms with E-state index >= 15 is 0 Å². The Kier molecular flexibility index (Phi) is 6.65. The Labute approximate surface area is 157 Å². The summed E-state index contributed by atoms with van der Waals surface area (Å²) >= 11 is 1.25. The van der Waals surface area contributed by atoms with Crippen LogP contribution >= 0.6 is 11.8 Å². The van der Waals surface area contributed by atoms with Gasteiger partial charge in [0.05, 0.1) is 19.0 Å². The van der Waals surface area contributed by atoms with Gasteiger partial charge in [0.15, 0.2) is 0 Å². The Balaban J connectivity index is 1.42. The zero-order chi connectivity index (χ0) is 18.4. The monoisotopic (exact) mass is 376 g/mol. The van der Waals surface area contributed by atoms with Crippen LogP contribution in [0.5, 0.6) is 0 Å². The third-order valence-corrected chi connectivity index (χ3v) is 5.13. The van der Waals surface area contributed by atoms with Crippen molar-refractivity contribution >= 4 is 23.4 Å². The van der Waals surface area contributed by atoms with E-state index in [4.69, 9.17) is 9.15 Å². The van der Waals surface area contributed by atoms with Crippen LogP contribution in [-0.4, -0.2) is 59.6 Å². The molecule has 3 rings (SSSR count). The number of nitrogens with zero attached hydrogens (tertiary/aromatic N) is 3. The first-order chi connectivity index (χ1) is 12.6. The highest BCUT2D eigenvalue weighted by molar-refractivity contribution is 7.99. The molecule has 1 amide bonds. The first-order valence-electron chi connectivity index (χ1n) is 8.72. The van der Waals surface area contributed by atoms with Crippen molar-refractivity contribution in [1.29, 1.82) is 0 Å². The van der Waals surface area contributed by atoms with E-state index < -0.39 is 0 Å². The molecule has 0 unspecified atom stereocenters. The highest BCUT2D eigenvalue weighted by atomic mass is 32.2. The number of nitrogens with one attached hydrogen (secondary N) is 1. The van der Waals surface area contributed by atoms with Crippen LogP contribution in [0.1, 0.15) is 17.0 Å². The lowest BCUT2D eigenvalue weighted by Crippen LogP contribution is -2.37. The molecule has 1 saturated heterocycles. The number of benzene rings is 1. The topological polar surface area (TPSA) is 80.5 Å². The van der Waals surface area contributed by atoms with Crippen molar-refractivity contribution in [2.75, 3.05) is 43.9 Å². The molecular weight excluding hydrogens is 352 g/mol. The van der Waals surface area contributed by atoms with Crippen molar-refractivity contribution in [1.82, 2.24) is 15.1 Å². The fraction of sp³-hybridized carbons (Fsp3) is 0.500. The molecule has 0 saturated carbocycles. The number of aromatic nitrogens is 2. The quantitative estimate of drug-likeness (QED) is 0.743. The normalized spacial score (nSPS) is 15.2. The minimum Gasteiger partial charge on any atom is -0.416 e. The Morgan fingerprint density at radius 2 is 2.04 bits per heavy atom. The maximum absolute atomic E-state index is 12.1. The van der Waals surface area contributed by atoms with Crippen LogP contribution in [0.4, 0.5) is 5.69 Å². The first kappa shape index (κ1) is 18.9. The Bertz CT molecular complexity index is 744. The van der Waals surface area contributed by atoms with E-state index in [1.807, 2.05) is 32.0 Å². The molecule has 2 aromatic rings. The summed E-state index contributed by atoms with van der Waals surface area (Å²) in [6.45, 7) is 8.38. The van der Waals surface area contributed by atoms with E-state index in [9.17, 15) is 4.79 Å². The van der Waals surface area contributed by atoms with Crippen molar-refractivity contribution in [2.24, 2.45) is 0 Å². The molecule has 0 spiro atoms. The molecule has 26 heavy (non-hydrogen) atoms. The Morgan fingerprint density at radius 3 is 2.81 bits per heavy atom. The molecule has 0 bridgehead atoms. The molecule has 2 heterocycles. The molecular formula is C18H24N4O3S. The van der Waals surface area contributed by atoms with Gasteiger partial charge < -0.3 is 14.5 Å². The van der Waals surface area contributed by atoms with Crippen LogP contribution in [0.15, 0.2) is 27.8 Å². The third-order valence-electron chi connectivity index (χ3n) is 4.31. The molecule has 0 aliphatic carbocycles. The van der Waals surface area contributed by atoms with Crippen LogP contribution < -0.4 is 5.32 Å². The molecule has 8 heteroatoms. The Morgan fingerprint density at radius 1 is 1.23 bits per heavy atom. The van der Waals surface area contributed by atoms with Crippen LogP contribution in [0.3, 0.4) is 0 Å². The third kappa shape index (κ3) is 5.55. The van der Waals surface area contributed by atoms with Crippen LogP contribution in [0, 0.1) is 13.8 Å². The largest absolute Gasteiger partial charge is 0.416 e. The van der Waals surface area contributed by atoms with Gasteiger partial charge in [0.25, 0.3) is 5.22 Å². The standard InChI is InChI=1S/C18H24N4O3S/c1-13-3-4-15(11-14(13)2)19-16(23)12-26-18-21-20-17(25-18)5-6-22-7-9-24-10-8-22/h3-4,11H,5-10,12H2,1-2H3,(H,19,23). The van der Waals surface area contributed by atoms with Crippen LogP contribution in [0.2, 0.25) is 0 Å². The molecule has 7 nitrogen and oxygen atoms in total. The molecule has 1 aliphatic rings. The predicted molar refractivity (Wildman–Crippen MR) is 101 cm³/mol. The van der Waals surface area contributed by atoms with Gasteiger partial charge in [-0.1, -0.05) is 17.8 Å². The van der Waals surface area contributed by atoms with Crippen molar-refractivity contribution in [2.45, 2.75) is 25.5 Å². The molecule has 140 valence electrons. The maximum Gasteiger partial charge on any atom is 0.277 e. The molecule has 0 atom stereocenters. The summed E-state index contributed by atoms with van der Waals surface area (Å²) in [6.07, 6.45) is 0.711.